The summed E-state index contributed by atoms with van der Waals surface area (Å²) in [6.07, 6.45) is 1.07. The first-order valence-corrected chi connectivity index (χ1v) is 5.42. The van der Waals surface area contributed by atoms with Gasteiger partial charge in [-0.3, -0.25) is 0 Å². The van der Waals surface area contributed by atoms with E-state index in [4.69, 9.17) is 23.7 Å². The van der Waals surface area contributed by atoms with Gasteiger partial charge < -0.3 is 23.7 Å². The summed E-state index contributed by atoms with van der Waals surface area (Å²) in [4.78, 5) is 14.4. The van der Waals surface area contributed by atoms with E-state index < -0.39 is 5.97 Å². The number of hydrogen-bond acceptors (Lipinski definition) is 6. The first-order valence-electron chi connectivity index (χ1n) is 5.42. The lowest BCUT2D eigenvalue weighted by Gasteiger charge is -2.05. The molecule has 3 rings (SSSR count). The molecule has 0 unspecified atom stereocenters. The van der Waals surface area contributed by atoms with Crippen molar-refractivity contribution in [3.8, 4) is 17.2 Å². The van der Waals surface area contributed by atoms with Crippen molar-refractivity contribution in [1.29, 1.82) is 0 Å². The van der Waals surface area contributed by atoms with Crippen LogP contribution in [0.3, 0.4) is 0 Å². The average Bonchev–Trinajstić information content (AvgIpc) is 3.04. The molecule has 0 radical (unpaired) electrons. The van der Waals surface area contributed by atoms with E-state index in [1.54, 1.807) is 18.2 Å². The maximum atomic E-state index is 10.8. The molecule has 0 atom stereocenters. The van der Waals surface area contributed by atoms with Crippen molar-refractivity contribution < 1.29 is 28.5 Å². The molecule has 19 heavy (non-hydrogen) atoms. The minimum Gasteiger partial charge on any atom is -0.485 e. The van der Waals surface area contributed by atoms with E-state index in [2.05, 4.69) is 4.98 Å². The maximum Gasteiger partial charge on any atom is 0.358 e. The van der Waals surface area contributed by atoms with Gasteiger partial charge in [-0.15, -0.1) is 0 Å². The van der Waals surface area contributed by atoms with Crippen molar-refractivity contribution in [3.05, 3.63) is 36.0 Å². The van der Waals surface area contributed by atoms with Crippen molar-refractivity contribution in [1.82, 2.24) is 4.98 Å². The summed E-state index contributed by atoms with van der Waals surface area (Å²) in [6, 6.07) is 5.08. The molecule has 0 aliphatic carbocycles. The summed E-state index contributed by atoms with van der Waals surface area (Å²) >= 11 is 0. The number of carboxylic acid groups (broad SMARTS) is 1. The highest BCUT2D eigenvalue weighted by Gasteiger charge is 2.17. The Morgan fingerprint density at radius 3 is 3.05 bits per heavy atom. The molecule has 1 N–H and O–H groups in total. The molecule has 1 aliphatic rings. The average molecular weight is 263 g/mol. The highest BCUT2D eigenvalue weighted by molar-refractivity contribution is 5.86. The SMILES string of the molecule is O=C(O)c1ncoc1COc1ccc2c(c1)OCO2. The van der Waals surface area contributed by atoms with Gasteiger partial charge in [-0.25, -0.2) is 9.78 Å². The number of carboxylic acids is 1. The van der Waals surface area contributed by atoms with Crippen molar-refractivity contribution in [2.45, 2.75) is 6.61 Å². The highest BCUT2D eigenvalue weighted by atomic mass is 16.7. The normalized spacial score (nSPS) is 12.4. The van der Waals surface area contributed by atoms with Gasteiger partial charge in [0.25, 0.3) is 0 Å². The minimum absolute atomic E-state index is 0.0265. The predicted molar refractivity (Wildman–Crippen MR) is 60.4 cm³/mol. The topological polar surface area (TPSA) is 91.0 Å². The van der Waals surface area contributed by atoms with Crippen LogP contribution in [0.25, 0.3) is 0 Å². The van der Waals surface area contributed by atoms with Crippen LogP contribution in [-0.4, -0.2) is 22.9 Å². The van der Waals surface area contributed by atoms with E-state index in [-0.39, 0.29) is 24.9 Å². The number of oxazole rings is 1. The summed E-state index contributed by atoms with van der Waals surface area (Å²) in [6.45, 7) is 0.158. The van der Waals surface area contributed by atoms with Gasteiger partial charge in [0.05, 0.1) is 0 Å². The molecule has 0 saturated carbocycles. The molecule has 0 saturated heterocycles. The summed E-state index contributed by atoms with van der Waals surface area (Å²) in [5.41, 5.74) is -0.152. The highest BCUT2D eigenvalue weighted by Crippen LogP contribution is 2.35. The lowest BCUT2D eigenvalue weighted by atomic mass is 10.3. The molecule has 0 spiro atoms. The van der Waals surface area contributed by atoms with Crippen LogP contribution >= 0.6 is 0 Å². The zero-order chi connectivity index (χ0) is 13.2. The lowest BCUT2D eigenvalue weighted by Crippen LogP contribution is -2.04. The molecule has 1 aromatic carbocycles. The number of benzene rings is 1. The molecule has 1 aromatic heterocycles. The Balaban J connectivity index is 1.72. The van der Waals surface area contributed by atoms with Crippen LogP contribution in [0.1, 0.15) is 16.2 Å². The molecule has 7 heteroatoms. The molecule has 7 nitrogen and oxygen atoms in total. The van der Waals surface area contributed by atoms with E-state index in [1.807, 2.05) is 0 Å². The number of carbonyl (C=O) groups is 1. The molecular formula is C12H9NO6. The lowest BCUT2D eigenvalue weighted by molar-refractivity contribution is 0.0686. The Morgan fingerprint density at radius 1 is 1.37 bits per heavy atom. The van der Waals surface area contributed by atoms with Crippen LogP contribution in [0.5, 0.6) is 17.2 Å². The van der Waals surface area contributed by atoms with Crippen LogP contribution in [0.15, 0.2) is 29.0 Å². The number of ether oxygens (including phenoxy) is 3. The maximum absolute atomic E-state index is 10.8. The number of aromatic nitrogens is 1. The predicted octanol–water partition coefficient (Wildman–Crippen LogP) is 1.68. The summed E-state index contributed by atoms with van der Waals surface area (Å²) in [5.74, 6) is 0.770. The molecular weight excluding hydrogens is 254 g/mol. The second-order valence-corrected chi connectivity index (χ2v) is 3.73. The van der Waals surface area contributed by atoms with Gasteiger partial charge in [0, 0.05) is 6.07 Å². The second-order valence-electron chi connectivity index (χ2n) is 3.73. The summed E-state index contributed by atoms with van der Waals surface area (Å²) < 4.78 is 20.8. The van der Waals surface area contributed by atoms with Crippen molar-refractivity contribution in [2.24, 2.45) is 0 Å². The zero-order valence-electron chi connectivity index (χ0n) is 9.66. The first-order chi connectivity index (χ1) is 9.24. The molecule has 2 aromatic rings. The number of aromatic carboxylic acids is 1. The third kappa shape index (κ3) is 2.17. The number of nitrogens with zero attached hydrogens (tertiary/aromatic N) is 1. The van der Waals surface area contributed by atoms with Gasteiger partial charge >= 0.3 is 5.97 Å². The Morgan fingerprint density at radius 2 is 2.21 bits per heavy atom. The van der Waals surface area contributed by atoms with Crippen LogP contribution in [0, 0.1) is 0 Å². The second kappa shape index (κ2) is 4.52. The van der Waals surface area contributed by atoms with Gasteiger partial charge in [-0.1, -0.05) is 0 Å². The van der Waals surface area contributed by atoms with Crippen molar-refractivity contribution >= 4 is 5.97 Å². The first kappa shape index (κ1) is 11.4. The van der Waals surface area contributed by atoms with Crippen molar-refractivity contribution in [2.75, 3.05) is 6.79 Å². The van der Waals surface area contributed by atoms with Crippen LogP contribution in [-0.2, 0) is 6.61 Å². The van der Waals surface area contributed by atoms with Crippen molar-refractivity contribution in [3.63, 3.8) is 0 Å². The Kier molecular flexibility index (Phi) is 2.71. The molecule has 0 bridgehead atoms. The number of rotatable bonds is 4. The quantitative estimate of drug-likeness (QED) is 0.897. The van der Waals surface area contributed by atoms with E-state index >= 15 is 0 Å². The molecule has 2 heterocycles. The standard InChI is InChI=1S/C12H9NO6/c14-12(15)11-10(17-5-13-11)4-16-7-1-2-8-9(3-7)19-6-18-8/h1-3,5H,4,6H2,(H,14,15). The van der Waals surface area contributed by atoms with Gasteiger partial charge in [0.15, 0.2) is 29.3 Å². The largest absolute Gasteiger partial charge is 0.485 e. The fourth-order valence-corrected chi connectivity index (χ4v) is 1.66. The van der Waals surface area contributed by atoms with E-state index in [9.17, 15) is 4.79 Å². The van der Waals surface area contributed by atoms with E-state index in [0.29, 0.717) is 17.2 Å². The smallest absolute Gasteiger partial charge is 0.358 e. The monoisotopic (exact) mass is 263 g/mol. The van der Waals surface area contributed by atoms with Gasteiger partial charge in [-0.2, -0.15) is 0 Å². The third-order valence-electron chi connectivity index (χ3n) is 2.56. The molecule has 98 valence electrons. The fourth-order valence-electron chi connectivity index (χ4n) is 1.66. The van der Waals surface area contributed by atoms with E-state index in [1.165, 1.54) is 0 Å². The van der Waals surface area contributed by atoms with Crippen LogP contribution in [0.2, 0.25) is 0 Å². The van der Waals surface area contributed by atoms with Crippen LogP contribution in [0.4, 0.5) is 0 Å². The third-order valence-corrected chi connectivity index (χ3v) is 2.56. The van der Waals surface area contributed by atoms with Gasteiger partial charge in [-0.05, 0) is 12.1 Å². The fraction of sp³-hybridized carbons (Fsp3) is 0.167. The Labute approximate surface area is 107 Å². The Bertz CT molecular complexity index is 620. The Hall–Kier alpha value is -2.70. The molecule has 0 fully saturated rings. The molecule has 1 aliphatic heterocycles. The zero-order valence-corrected chi connectivity index (χ0v) is 9.66. The number of hydrogen-bond donors (Lipinski definition) is 1. The van der Waals surface area contributed by atoms with E-state index in [0.717, 1.165) is 6.39 Å². The minimum atomic E-state index is -1.15. The van der Waals surface area contributed by atoms with Crippen LogP contribution < -0.4 is 14.2 Å². The van der Waals surface area contributed by atoms with Gasteiger partial charge in [0.2, 0.25) is 6.79 Å². The molecule has 0 amide bonds. The number of fused-ring (bicyclic) bond motifs is 1. The summed E-state index contributed by atoms with van der Waals surface area (Å²) in [7, 11) is 0. The summed E-state index contributed by atoms with van der Waals surface area (Å²) in [5, 5.41) is 8.86. The van der Waals surface area contributed by atoms with Gasteiger partial charge in [0.1, 0.15) is 12.4 Å².